The summed E-state index contributed by atoms with van der Waals surface area (Å²) in [6, 6.07) is 20.5. The van der Waals surface area contributed by atoms with E-state index >= 15 is 0 Å². The maximum Gasteiger partial charge on any atom is 0.143 e. The van der Waals surface area contributed by atoms with E-state index in [1.165, 1.54) is 42.8 Å². The summed E-state index contributed by atoms with van der Waals surface area (Å²) in [6.07, 6.45) is 3.97. The molecule has 5 heteroatoms. The van der Waals surface area contributed by atoms with Crippen LogP contribution in [0.1, 0.15) is 24.8 Å². The summed E-state index contributed by atoms with van der Waals surface area (Å²) >= 11 is 1.74. The van der Waals surface area contributed by atoms with Crippen molar-refractivity contribution in [1.82, 2.24) is 4.90 Å². The third-order valence-corrected chi connectivity index (χ3v) is 7.50. The first-order valence-electron chi connectivity index (χ1n) is 12.0. The molecule has 1 aliphatic rings. The van der Waals surface area contributed by atoms with Crippen molar-refractivity contribution < 1.29 is 14.2 Å². The number of piperidine rings is 1. The molecule has 0 radical (unpaired) electrons. The molecule has 34 heavy (non-hydrogen) atoms. The van der Waals surface area contributed by atoms with Gasteiger partial charge in [-0.25, -0.2) is 0 Å². The fourth-order valence-electron chi connectivity index (χ4n) is 4.54. The highest BCUT2D eigenvalue weighted by Gasteiger charge is 2.16. The van der Waals surface area contributed by atoms with Gasteiger partial charge in [-0.2, -0.15) is 0 Å². The van der Waals surface area contributed by atoms with E-state index in [9.17, 15) is 0 Å². The van der Waals surface area contributed by atoms with Gasteiger partial charge in [0, 0.05) is 22.4 Å². The number of hydrogen-bond acceptors (Lipinski definition) is 5. The molecule has 1 aliphatic heterocycles. The predicted molar refractivity (Wildman–Crippen MR) is 141 cm³/mol. The number of nitrogens with zero attached hydrogens (tertiary/aromatic N) is 1. The van der Waals surface area contributed by atoms with Crippen molar-refractivity contribution >= 4 is 22.1 Å². The summed E-state index contributed by atoms with van der Waals surface area (Å²) in [5.41, 5.74) is 2.35. The average Bonchev–Trinajstić information content (AvgIpc) is 3.31. The van der Waals surface area contributed by atoms with Crippen LogP contribution in [0.5, 0.6) is 23.0 Å². The third kappa shape index (κ3) is 5.06. The zero-order valence-corrected chi connectivity index (χ0v) is 20.7. The van der Waals surface area contributed by atoms with Crippen molar-refractivity contribution in [3.63, 3.8) is 0 Å². The number of ether oxygens (including phenoxy) is 3. The summed E-state index contributed by atoms with van der Waals surface area (Å²) in [5, 5.41) is 4.28. The Morgan fingerprint density at radius 3 is 2.35 bits per heavy atom. The van der Waals surface area contributed by atoms with Gasteiger partial charge in [-0.15, -0.1) is 11.3 Å². The molecular formula is C29H31NO3S. The minimum atomic E-state index is 0.715. The van der Waals surface area contributed by atoms with E-state index in [0.29, 0.717) is 6.61 Å². The molecule has 2 heterocycles. The minimum Gasteiger partial charge on any atom is -0.497 e. The monoisotopic (exact) mass is 473 g/mol. The van der Waals surface area contributed by atoms with Crippen LogP contribution in [0.4, 0.5) is 0 Å². The van der Waals surface area contributed by atoms with Gasteiger partial charge in [0.05, 0.1) is 7.11 Å². The van der Waals surface area contributed by atoms with E-state index < -0.39 is 0 Å². The molecule has 0 bridgehead atoms. The van der Waals surface area contributed by atoms with Gasteiger partial charge in [-0.05, 0) is 104 Å². The molecule has 0 atom stereocenters. The fourth-order valence-corrected chi connectivity index (χ4v) is 5.49. The fraction of sp³-hybridized carbons (Fsp3) is 0.310. The Morgan fingerprint density at radius 1 is 0.853 bits per heavy atom. The van der Waals surface area contributed by atoms with Crippen molar-refractivity contribution in [3.05, 3.63) is 71.6 Å². The first-order chi connectivity index (χ1) is 16.7. The highest BCUT2D eigenvalue weighted by Crippen LogP contribution is 2.43. The summed E-state index contributed by atoms with van der Waals surface area (Å²) in [7, 11) is 1.69. The summed E-state index contributed by atoms with van der Waals surface area (Å²) < 4.78 is 18.0. The lowest BCUT2D eigenvalue weighted by Crippen LogP contribution is -2.33. The molecule has 3 aromatic carbocycles. The lowest BCUT2D eigenvalue weighted by molar-refractivity contribution is 0.183. The molecule has 4 nitrogen and oxygen atoms in total. The highest BCUT2D eigenvalue weighted by molar-refractivity contribution is 7.13. The van der Waals surface area contributed by atoms with Crippen molar-refractivity contribution in [2.75, 3.05) is 33.4 Å². The Morgan fingerprint density at radius 2 is 1.62 bits per heavy atom. The molecule has 0 spiro atoms. The number of benzene rings is 3. The van der Waals surface area contributed by atoms with E-state index in [1.807, 2.05) is 36.4 Å². The van der Waals surface area contributed by atoms with Crippen molar-refractivity contribution in [1.29, 1.82) is 0 Å². The number of methoxy groups -OCH3 is 1. The van der Waals surface area contributed by atoms with E-state index in [0.717, 1.165) is 45.9 Å². The predicted octanol–water partition coefficient (Wildman–Crippen LogP) is 7.54. The lowest BCUT2D eigenvalue weighted by atomic mass is 10.0. The molecule has 0 N–H and O–H groups in total. The average molecular weight is 474 g/mol. The van der Waals surface area contributed by atoms with Crippen LogP contribution in [-0.2, 0) is 0 Å². The van der Waals surface area contributed by atoms with Crippen LogP contribution in [0.2, 0.25) is 0 Å². The number of likely N-dealkylation sites (tertiary alicyclic amines) is 1. The van der Waals surface area contributed by atoms with Crippen molar-refractivity contribution in [2.45, 2.75) is 26.2 Å². The minimum absolute atomic E-state index is 0.715. The normalized spacial score (nSPS) is 14.3. The molecule has 0 unspecified atom stereocenters. The van der Waals surface area contributed by atoms with Gasteiger partial charge < -0.3 is 14.2 Å². The van der Waals surface area contributed by atoms with Gasteiger partial charge in [0.2, 0.25) is 0 Å². The number of aryl methyl sites for hydroxylation is 1. The molecule has 0 aliphatic carbocycles. The zero-order chi connectivity index (χ0) is 23.3. The second kappa shape index (κ2) is 10.5. The standard InChI is InChI=1S/C29H31NO3S/c1-21-14-19-34-29(21)27-12-6-22-20-25(31-2)11-13-26(22)28(27)33-24-9-7-23(8-10-24)32-18-17-30-15-4-3-5-16-30/h6-14,19-20H,3-5,15-18H2,1-2H3. The quantitative estimate of drug-likeness (QED) is 0.264. The van der Waals surface area contributed by atoms with E-state index in [-0.39, 0.29) is 0 Å². The highest BCUT2D eigenvalue weighted by atomic mass is 32.1. The molecule has 0 saturated carbocycles. The SMILES string of the molecule is COc1ccc2c(Oc3ccc(OCCN4CCCCC4)cc3)c(-c3sccc3C)ccc2c1. The Bertz CT molecular complexity index is 1240. The Balaban J connectivity index is 1.37. The molecule has 4 aromatic rings. The molecule has 1 aromatic heterocycles. The third-order valence-electron chi connectivity index (χ3n) is 6.45. The van der Waals surface area contributed by atoms with Gasteiger partial charge >= 0.3 is 0 Å². The Hall–Kier alpha value is -3.02. The van der Waals surface area contributed by atoms with Crippen LogP contribution >= 0.6 is 11.3 Å². The van der Waals surface area contributed by atoms with Gasteiger partial charge in [-0.1, -0.05) is 12.5 Å². The molecule has 176 valence electrons. The smallest absolute Gasteiger partial charge is 0.143 e. The first kappa shape index (κ1) is 22.8. The summed E-state index contributed by atoms with van der Waals surface area (Å²) in [5.74, 6) is 3.37. The summed E-state index contributed by atoms with van der Waals surface area (Å²) in [6.45, 7) is 6.23. The summed E-state index contributed by atoms with van der Waals surface area (Å²) in [4.78, 5) is 3.72. The van der Waals surface area contributed by atoms with Gasteiger partial charge in [0.1, 0.15) is 29.6 Å². The van der Waals surface area contributed by atoms with Gasteiger partial charge in [-0.3, -0.25) is 4.90 Å². The van der Waals surface area contributed by atoms with Crippen molar-refractivity contribution in [2.24, 2.45) is 0 Å². The van der Waals surface area contributed by atoms with Crippen LogP contribution in [-0.4, -0.2) is 38.3 Å². The Labute approximate surface area is 205 Å². The first-order valence-corrected chi connectivity index (χ1v) is 12.9. The van der Waals surface area contributed by atoms with E-state index in [1.54, 1.807) is 18.4 Å². The van der Waals surface area contributed by atoms with E-state index in [2.05, 4.69) is 41.5 Å². The number of rotatable bonds is 8. The maximum absolute atomic E-state index is 6.53. The Kier molecular flexibility index (Phi) is 7.02. The van der Waals surface area contributed by atoms with Gasteiger partial charge in [0.25, 0.3) is 0 Å². The van der Waals surface area contributed by atoms with Crippen LogP contribution < -0.4 is 14.2 Å². The number of thiophene rings is 1. The maximum atomic E-state index is 6.53. The van der Waals surface area contributed by atoms with Gasteiger partial charge in [0.15, 0.2) is 0 Å². The lowest BCUT2D eigenvalue weighted by Gasteiger charge is -2.26. The topological polar surface area (TPSA) is 30.9 Å². The number of hydrogen-bond donors (Lipinski definition) is 0. The zero-order valence-electron chi connectivity index (χ0n) is 19.9. The van der Waals surface area contributed by atoms with Crippen molar-refractivity contribution in [3.8, 4) is 33.4 Å². The van der Waals surface area contributed by atoms with Crippen LogP contribution in [0.25, 0.3) is 21.2 Å². The number of fused-ring (bicyclic) bond motifs is 1. The van der Waals surface area contributed by atoms with Crippen LogP contribution in [0.3, 0.4) is 0 Å². The van der Waals surface area contributed by atoms with Crippen LogP contribution in [0.15, 0.2) is 66.0 Å². The molecule has 1 fully saturated rings. The molecular weight excluding hydrogens is 442 g/mol. The van der Waals surface area contributed by atoms with E-state index in [4.69, 9.17) is 14.2 Å². The molecule has 0 amide bonds. The molecule has 1 saturated heterocycles. The second-order valence-corrected chi connectivity index (χ2v) is 9.70. The van der Waals surface area contributed by atoms with Crippen LogP contribution in [0, 0.1) is 6.92 Å². The second-order valence-electron chi connectivity index (χ2n) is 8.79. The molecule has 5 rings (SSSR count). The largest absolute Gasteiger partial charge is 0.497 e.